The van der Waals surface area contributed by atoms with Crippen molar-refractivity contribution in [1.29, 1.82) is 0 Å². The monoisotopic (exact) mass is 226 g/mol. The Hall–Kier alpha value is -0.0400. The van der Waals surface area contributed by atoms with Gasteiger partial charge >= 0.3 is 0 Å². The molecule has 0 saturated heterocycles. The van der Waals surface area contributed by atoms with E-state index in [1.165, 1.54) is 38.5 Å². The minimum Gasteiger partial charge on any atom is -0.393 e. The van der Waals surface area contributed by atoms with Crippen molar-refractivity contribution in [2.24, 2.45) is 17.3 Å². The van der Waals surface area contributed by atoms with Crippen molar-refractivity contribution in [1.82, 2.24) is 0 Å². The van der Waals surface area contributed by atoms with Gasteiger partial charge in [0.05, 0.1) is 6.10 Å². The van der Waals surface area contributed by atoms with E-state index < -0.39 is 0 Å². The molecule has 0 aromatic heterocycles. The van der Waals surface area contributed by atoms with Crippen LogP contribution >= 0.6 is 0 Å². The molecule has 2 atom stereocenters. The van der Waals surface area contributed by atoms with Gasteiger partial charge in [-0.3, -0.25) is 0 Å². The number of hydrogen-bond donors (Lipinski definition) is 1. The first-order chi connectivity index (χ1) is 7.51. The summed E-state index contributed by atoms with van der Waals surface area (Å²) < 4.78 is 0. The van der Waals surface area contributed by atoms with E-state index in [9.17, 15) is 5.11 Å². The van der Waals surface area contributed by atoms with E-state index >= 15 is 0 Å². The first kappa shape index (κ1) is 14.0. The lowest BCUT2D eigenvalue weighted by Gasteiger charge is -2.42. The Balaban J connectivity index is 2.54. The molecule has 0 amide bonds. The van der Waals surface area contributed by atoms with Crippen molar-refractivity contribution in [3.63, 3.8) is 0 Å². The molecule has 96 valence electrons. The van der Waals surface area contributed by atoms with Gasteiger partial charge in [0.15, 0.2) is 0 Å². The Labute approximate surface area is 102 Å². The fourth-order valence-corrected chi connectivity index (χ4v) is 3.36. The molecule has 1 N–H and O–H groups in total. The topological polar surface area (TPSA) is 20.2 Å². The molecule has 1 nitrogen and oxygen atoms in total. The second-order valence-corrected chi connectivity index (χ2v) is 6.33. The maximum absolute atomic E-state index is 10.4. The molecule has 2 unspecified atom stereocenters. The highest BCUT2D eigenvalue weighted by Gasteiger charge is 2.37. The Bertz CT molecular complexity index is 194. The van der Waals surface area contributed by atoms with Gasteiger partial charge in [0.25, 0.3) is 0 Å². The molecule has 0 aliphatic heterocycles. The van der Waals surface area contributed by atoms with Gasteiger partial charge < -0.3 is 5.11 Å². The fourth-order valence-electron chi connectivity index (χ4n) is 3.36. The van der Waals surface area contributed by atoms with Crippen molar-refractivity contribution < 1.29 is 5.11 Å². The Kier molecular flexibility index (Phi) is 5.30. The van der Waals surface area contributed by atoms with Crippen molar-refractivity contribution >= 4 is 0 Å². The maximum atomic E-state index is 10.4. The summed E-state index contributed by atoms with van der Waals surface area (Å²) in [5.74, 6) is 1.24. The highest BCUT2D eigenvalue weighted by molar-refractivity contribution is 4.87. The van der Waals surface area contributed by atoms with E-state index in [4.69, 9.17) is 0 Å². The van der Waals surface area contributed by atoms with Gasteiger partial charge in [-0.05, 0) is 36.5 Å². The van der Waals surface area contributed by atoms with E-state index in [1.54, 1.807) is 0 Å². The van der Waals surface area contributed by atoms with Crippen LogP contribution in [0.2, 0.25) is 0 Å². The molecule has 1 saturated carbocycles. The van der Waals surface area contributed by atoms with Crippen LogP contribution in [0.4, 0.5) is 0 Å². The van der Waals surface area contributed by atoms with E-state index in [0.29, 0.717) is 17.3 Å². The van der Waals surface area contributed by atoms with Crippen LogP contribution in [0, 0.1) is 17.3 Å². The van der Waals surface area contributed by atoms with Crippen molar-refractivity contribution in [2.45, 2.75) is 78.7 Å². The minimum absolute atomic E-state index is 0.0693. The summed E-state index contributed by atoms with van der Waals surface area (Å²) in [6, 6.07) is 0. The van der Waals surface area contributed by atoms with Crippen molar-refractivity contribution in [3.05, 3.63) is 0 Å². The smallest absolute Gasteiger partial charge is 0.0576 e. The van der Waals surface area contributed by atoms with E-state index in [-0.39, 0.29) is 6.10 Å². The predicted octanol–water partition coefficient (Wildman–Crippen LogP) is 4.39. The molecule has 0 aromatic carbocycles. The molecule has 1 heteroatoms. The summed E-state index contributed by atoms with van der Waals surface area (Å²) in [4.78, 5) is 0. The number of aliphatic hydroxyl groups excluding tert-OH is 1. The number of rotatable bonds is 5. The Morgan fingerprint density at radius 3 is 2.31 bits per heavy atom. The molecule has 0 aromatic rings. The zero-order valence-corrected chi connectivity index (χ0v) is 11.6. The molecule has 0 bridgehead atoms. The van der Waals surface area contributed by atoms with Crippen LogP contribution in [0.1, 0.15) is 72.6 Å². The molecule has 0 heterocycles. The third-order valence-electron chi connectivity index (χ3n) is 4.78. The highest BCUT2D eigenvalue weighted by atomic mass is 16.3. The lowest BCUT2D eigenvalue weighted by molar-refractivity contribution is -0.00856. The lowest BCUT2D eigenvalue weighted by atomic mass is 9.65. The number of aliphatic hydroxyl groups is 1. The summed E-state index contributed by atoms with van der Waals surface area (Å²) in [6.45, 7) is 9.17. The van der Waals surface area contributed by atoms with E-state index in [1.807, 2.05) is 0 Å². The first-order valence-corrected chi connectivity index (χ1v) is 7.19. The summed E-state index contributed by atoms with van der Waals surface area (Å²) in [6.07, 6.45) is 8.55. The molecule has 1 fully saturated rings. The third-order valence-corrected chi connectivity index (χ3v) is 4.78. The SMILES string of the molecule is CCC(CC)CC(O)C1CCCCC1(C)C. The second kappa shape index (κ2) is 6.05. The molecular weight excluding hydrogens is 196 g/mol. The summed E-state index contributed by atoms with van der Waals surface area (Å²) in [7, 11) is 0. The van der Waals surface area contributed by atoms with Gasteiger partial charge in [-0.15, -0.1) is 0 Å². The molecular formula is C15H30O. The highest BCUT2D eigenvalue weighted by Crippen LogP contribution is 2.43. The average molecular weight is 226 g/mol. The van der Waals surface area contributed by atoms with Crippen LogP contribution in [0.3, 0.4) is 0 Å². The molecule has 1 aliphatic carbocycles. The van der Waals surface area contributed by atoms with Gasteiger partial charge in [0, 0.05) is 0 Å². The van der Waals surface area contributed by atoms with Crippen LogP contribution in [0.25, 0.3) is 0 Å². The normalized spacial score (nSPS) is 27.0. The van der Waals surface area contributed by atoms with Gasteiger partial charge in [-0.25, -0.2) is 0 Å². The van der Waals surface area contributed by atoms with Crippen molar-refractivity contribution in [2.75, 3.05) is 0 Å². The zero-order chi connectivity index (χ0) is 12.2. The average Bonchev–Trinajstić information content (AvgIpc) is 2.24. The van der Waals surface area contributed by atoms with E-state index in [2.05, 4.69) is 27.7 Å². The largest absolute Gasteiger partial charge is 0.393 e. The predicted molar refractivity (Wildman–Crippen MR) is 70.4 cm³/mol. The summed E-state index contributed by atoms with van der Waals surface area (Å²) in [5.41, 5.74) is 0.351. The van der Waals surface area contributed by atoms with Crippen LogP contribution in [0.5, 0.6) is 0 Å². The Morgan fingerprint density at radius 2 is 1.81 bits per heavy atom. The second-order valence-electron chi connectivity index (χ2n) is 6.33. The lowest BCUT2D eigenvalue weighted by Crippen LogP contribution is -2.37. The van der Waals surface area contributed by atoms with Crippen molar-refractivity contribution in [3.8, 4) is 0 Å². The van der Waals surface area contributed by atoms with Crippen LogP contribution in [-0.4, -0.2) is 11.2 Å². The molecule has 1 rings (SSSR count). The van der Waals surface area contributed by atoms with E-state index in [0.717, 1.165) is 6.42 Å². The summed E-state index contributed by atoms with van der Waals surface area (Å²) >= 11 is 0. The number of hydrogen-bond acceptors (Lipinski definition) is 1. The van der Waals surface area contributed by atoms with Gasteiger partial charge in [-0.1, -0.05) is 53.4 Å². The van der Waals surface area contributed by atoms with Gasteiger partial charge in [0.1, 0.15) is 0 Å². The van der Waals surface area contributed by atoms with Crippen LogP contribution in [0.15, 0.2) is 0 Å². The standard InChI is InChI=1S/C15H30O/c1-5-12(6-2)11-14(16)13-9-7-8-10-15(13,3)4/h12-14,16H,5-11H2,1-4H3. The first-order valence-electron chi connectivity index (χ1n) is 7.19. The van der Waals surface area contributed by atoms with Gasteiger partial charge in [0.2, 0.25) is 0 Å². The molecule has 0 radical (unpaired) electrons. The maximum Gasteiger partial charge on any atom is 0.0576 e. The molecule has 0 spiro atoms. The van der Waals surface area contributed by atoms with Gasteiger partial charge in [-0.2, -0.15) is 0 Å². The third kappa shape index (κ3) is 3.48. The van der Waals surface area contributed by atoms with Crippen LogP contribution < -0.4 is 0 Å². The Morgan fingerprint density at radius 1 is 1.19 bits per heavy atom. The zero-order valence-electron chi connectivity index (χ0n) is 11.6. The quantitative estimate of drug-likeness (QED) is 0.737. The summed E-state index contributed by atoms with van der Waals surface area (Å²) in [5, 5.41) is 10.4. The van der Waals surface area contributed by atoms with Crippen LogP contribution in [-0.2, 0) is 0 Å². The fraction of sp³-hybridized carbons (Fsp3) is 1.00. The molecule has 16 heavy (non-hydrogen) atoms. The minimum atomic E-state index is -0.0693. The molecule has 1 aliphatic rings.